The fourth-order valence-corrected chi connectivity index (χ4v) is 2.86. The molecule has 1 aliphatic heterocycles. The minimum atomic E-state index is -4.43. The molecule has 26 heavy (non-hydrogen) atoms. The molecule has 5 nitrogen and oxygen atoms in total. The zero-order valence-corrected chi connectivity index (χ0v) is 13.8. The summed E-state index contributed by atoms with van der Waals surface area (Å²) in [5, 5.41) is 0. The van der Waals surface area contributed by atoms with Crippen molar-refractivity contribution in [2.45, 2.75) is 12.6 Å². The van der Waals surface area contributed by atoms with Gasteiger partial charge in [-0.3, -0.25) is 9.59 Å². The first-order chi connectivity index (χ1) is 12.4. The van der Waals surface area contributed by atoms with Crippen molar-refractivity contribution in [2.75, 3.05) is 26.2 Å². The van der Waals surface area contributed by atoms with Crippen molar-refractivity contribution in [2.24, 2.45) is 0 Å². The van der Waals surface area contributed by atoms with E-state index in [4.69, 9.17) is 4.42 Å². The lowest BCUT2D eigenvalue weighted by Crippen LogP contribution is -2.37. The van der Waals surface area contributed by atoms with Gasteiger partial charge >= 0.3 is 6.18 Å². The van der Waals surface area contributed by atoms with Crippen LogP contribution in [0.25, 0.3) is 0 Å². The van der Waals surface area contributed by atoms with Gasteiger partial charge in [-0.15, -0.1) is 0 Å². The van der Waals surface area contributed by atoms with Gasteiger partial charge in [-0.1, -0.05) is 0 Å². The molecule has 2 aromatic rings. The lowest BCUT2D eigenvalue weighted by atomic mass is 10.1. The smallest absolute Gasteiger partial charge is 0.416 e. The molecule has 1 aliphatic rings. The van der Waals surface area contributed by atoms with Crippen molar-refractivity contribution in [3.05, 3.63) is 59.5 Å². The van der Waals surface area contributed by atoms with Crippen molar-refractivity contribution in [3.8, 4) is 0 Å². The highest BCUT2D eigenvalue weighted by Crippen LogP contribution is 2.29. The first-order valence-corrected chi connectivity index (χ1v) is 8.15. The summed E-state index contributed by atoms with van der Waals surface area (Å²) in [6.07, 6.45) is -2.43. The molecule has 2 amide bonds. The van der Waals surface area contributed by atoms with Gasteiger partial charge in [0.05, 0.1) is 11.8 Å². The Hall–Kier alpha value is -2.77. The third-order valence-electron chi connectivity index (χ3n) is 4.26. The normalized spacial score (nSPS) is 15.7. The fourth-order valence-electron chi connectivity index (χ4n) is 2.86. The van der Waals surface area contributed by atoms with Crippen LogP contribution in [0.1, 0.15) is 32.9 Å². The van der Waals surface area contributed by atoms with Gasteiger partial charge in [-0.25, -0.2) is 0 Å². The summed E-state index contributed by atoms with van der Waals surface area (Å²) in [5.74, 6) is -0.336. The number of carbonyl (C=O) groups excluding carboxylic acids is 2. The van der Waals surface area contributed by atoms with E-state index < -0.39 is 11.7 Å². The van der Waals surface area contributed by atoms with E-state index in [1.807, 2.05) is 0 Å². The molecule has 1 aromatic heterocycles. The van der Waals surface area contributed by atoms with Gasteiger partial charge in [0.2, 0.25) is 0 Å². The molecular weight excluding hydrogens is 349 g/mol. The van der Waals surface area contributed by atoms with Crippen LogP contribution in [0.2, 0.25) is 0 Å². The lowest BCUT2D eigenvalue weighted by Gasteiger charge is -2.22. The third kappa shape index (κ3) is 3.89. The number of rotatable bonds is 2. The predicted octanol–water partition coefficient (Wildman–Crippen LogP) is 3.29. The van der Waals surface area contributed by atoms with Gasteiger partial charge in [-0.05, 0) is 42.8 Å². The Labute approximate surface area is 148 Å². The number of amides is 2. The summed E-state index contributed by atoms with van der Waals surface area (Å²) in [4.78, 5) is 28.0. The average molecular weight is 366 g/mol. The average Bonchev–Trinajstić information content (AvgIpc) is 3.04. The fraction of sp³-hybridized carbons (Fsp3) is 0.333. The van der Waals surface area contributed by atoms with E-state index >= 15 is 0 Å². The molecule has 0 radical (unpaired) electrons. The van der Waals surface area contributed by atoms with Gasteiger partial charge in [0.25, 0.3) is 11.8 Å². The molecule has 1 fully saturated rings. The maximum absolute atomic E-state index is 12.6. The molecule has 0 saturated carbocycles. The number of halogens is 3. The monoisotopic (exact) mass is 366 g/mol. The van der Waals surface area contributed by atoms with E-state index in [1.54, 1.807) is 21.9 Å². The SMILES string of the molecule is O=C(c1ccc(C(F)(F)F)cc1)N1CCCN(C(=O)c2ccco2)CC1. The Balaban J connectivity index is 1.65. The van der Waals surface area contributed by atoms with Crippen molar-refractivity contribution < 1.29 is 27.2 Å². The third-order valence-corrected chi connectivity index (χ3v) is 4.26. The van der Waals surface area contributed by atoms with Crippen LogP contribution in [0.3, 0.4) is 0 Å². The second-order valence-corrected chi connectivity index (χ2v) is 5.99. The van der Waals surface area contributed by atoms with Gasteiger partial charge in [0.1, 0.15) is 0 Å². The van der Waals surface area contributed by atoms with Crippen molar-refractivity contribution >= 4 is 11.8 Å². The minimum absolute atomic E-state index is 0.198. The number of nitrogens with zero attached hydrogens (tertiary/aromatic N) is 2. The highest BCUT2D eigenvalue weighted by Gasteiger charge is 2.31. The Bertz CT molecular complexity index is 770. The van der Waals surface area contributed by atoms with Crippen LogP contribution < -0.4 is 0 Å². The summed E-state index contributed by atoms with van der Waals surface area (Å²) in [6, 6.07) is 7.38. The second kappa shape index (κ2) is 7.23. The van der Waals surface area contributed by atoms with Crippen LogP contribution in [0.4, 0.5) is 13.2 Å². The number of carbonyl (C=O) groups is 2. The van der Waals surface area contributed by atoms with Crippen LogP contribution in [0.5, 0.6) is 0 Å². The highest BCUT2D eigenvalue weighted by molar-refractivity contribution is 5.94. The summed E-state index contributed by atoms with van der Waals surface area (Å²) in [5.41, 5.74) is -0.594. The van der Waals surface area contributed by atoms with Gasteiger partial charge < -0.3 is 14.2 Å². The van der Waals surface area contributed by atoms with Crippen LogP contribution in [-0.4, -0.2) is 47.8 Å². The van der Waals surface area contributed by atoms with Crippen LogP contribution in [0, 0.1) is 0 Å². The minimum Gasteiger partial charge on any atom is -0.459 e. The summed E-state index contributed by atoms with van der Waals surface area (Å²) in [7, 11) is 0. The molecule has 3 rings (SSSR count). The van der Waals surface area contributed by atoms with Crippen molar-refractivity contribution in [1.29, 1.82) is 0 Å². The molecule has 1 aromatic carbocycles. The first-order valence-electron chi connectivity index (χ1n) is 8.15. The predicted molar refractivity (Wildman–Crippen MR) is 86.6 cm³/mol. The molecule has 0 aliphatic carbocycles. The topological polar surface area (TPSA) is 53.8 Å². The van der Waals surface area contributed by atoms with Crippen LogP contribution >= 0.6 is 0 Å². The molecule has 0 N–H and O–H groups in total. The van der Waals surface area contributed by atoms with Crippen LogP contribution in [-0.2, 0) is 6.18 Å². The zero-order chi connectivity index (χ0) is 18.7. The first kappa shape index (κ1) is 18.0. The molecule has 1 saturated heterocycles. The Morgan fingerprint density at radius 3 is 2.04 bits per heavy atom. The summed E-state index contributed by atoms with van der Waals surface area (Å²) in [6.45, 7) is 1.57. The molecule has 0 bridgehead atoms. The molecule has 0 atom stereocenters. The molecule has 138 valence electrons. The molecule has 8 heteroatoms. The molecular formula is C18H17F3N2O3. The Morgan fingerprint density at radius 1 is 0.885 bits per heavy atom. The van der Waals surface area contributed by atoms with Gasteiger partial charge in [0.15, 0.2) is 5.76 Å². The molecule has 2 heterocycles. The number of hydrogen-bond acceptors (Lipinski definition) is 3. The maximum atomic E-state index is 12.6. The van der Waals surface area contributed by atoms with E-state index in [0.29, 0.717) is 32.6 Å². The van der Waals surface area contributed by atoms with Gasteiger partial charge in [-0.2, -0.15) is 13.2 Å². The second-order valence-electron chi connectivity index (χ2n) is 5.99. The van der Waals surface area contributed by atoms with E-state index in [-0.39, 0.29) is 23.1 Å². The summed E-state index contributed by atoms with van der Waals surface area (Å²) >= 11 is 0. The Morgan fingerprint density at radius 2 is 1.50 bits per heavy atom. The Kier molecular flexibility index (Phi) is 5.01. The van der Waals surface area contributed by atoms with Crippen molar-refractivity contribution in [1.82, 2.24) is 9.80 Å². The molecule has 0 unspecified atom stereocenters. The largest absolute Gasteiger partial charge is 0.459 e. The van der Waals surface area contributed by atoms with Crippen molar-refractivity contribution in [3.63, 3.8) is 0 Å². The number of alkyl halides is 3. The van der Waals surface area contributed by atoms with E-state index in [0.717, 1.165) is 12.1 Å². The number of furan rings is 1. The van der Waals surface area contributed by atoms with Crippen LogP contribution in [0.15, 0.2) is 47.1 Å². The highest BCUT2D eigenvalue weighted by atomic mass is 19.4. The lowest BCUT2D eigenvalue weighted by molar-refractivity contribution is -0.137. The van der Waals surface area contributed by atoms with E-state index in [2.05, 4.69) is 0 Å². The quantitative estimate of drug-likeness (QED) is 0.820. The summed E-state index contributed by atoms with van der Waals surface area (Å²) < 4.78 is 43.0. The van der Waals surface area contributed by atoms with E-state index in [1.165, 1.54) is 18.4 Å². The molecule has 0 spiro atoms. The van der Waals surface area contributed by atoms with E-state index in [9.17, 15) is 22.8 Å². The maximum Gasteiger partial charge on any atom is 0.416 e. The van der Waals surface area contributed by atoms with Gasteiger partial charge in [0, 0.05) is 31.7 Å². The number of benzene rings is 1. The standard InChI is InChI=1S/C18H17F3N2O3/c19-18(20,21)14-6-4-13(5-7-14)16(24)22-8-2-9-23(11-10-22)17(25)15-3-1-12-26-15/h1,3-7,12H,2,8-11H2. The zero-order valence-electron chi connectivity index (χ0n) is 13.8. The number of hydrogen-bond donors (Lipinski definition) is 0.